The smallest absolute Gasteiger partial charge is 0.333 e. The van der Waals surface area contributed by atoms with Crippen LogP contribution in [0.4, 0.5) is 5.69 Å². The van der Waals surface area contributed by atoms with Crippen molar-refractivity contribution < 1.29 is 14.7 Å². The van der Waals surface area contributed by atoms with E-state index in [1.807, 2.05) is 26.0 Å². The second kappa shape index (κ2) is 4.79. The number of anilines is 1. The van der Waals surface area contributed by atoms with Crippen molar-refractivity contribution in [2.45, 2.75) is 26.8 Å². The fourth-order valence-electron chi connectivity index (χ4n) is 1.40. The van der Waals surface area contributed by atoms with Crippen LogP contribution in [0, 0.1) is 13.8 Å². The fraction of sp³-hybridized carbons (Fsp3) is 0.333. The quantitative estimate of drug-likeness (QED) is 0.760. The summed E-state index contributed by atoms with van der Waals surface area (Å²) in [5.74, 6) is -1.57. The summed E-state index contributed by atoms with van der Waals surface area (Å²) in [5.41, 5.74) is 2.69. The summed E-state index contributed by atoms with van der Waals surface area (Å²) in [6.45, 7) is 5.08. The lowest BCUT2D eigenvalue weighted by molar-refractivity contribution is -0.140. The molecule has 86 valence electrons. The van der Waals surface area contributed by atoms with Crippen LogP contribution in [0.25, 0.3) is 0 Å². The van der Waals surface area contributed by atoms with E-state index < -0.39 is 17.8 Å². The molecule has 0 aromatic heterocycles. The Morgan fingerprint density at radius 1 is 1.31 bits per heavy atom. The Kier molecular flexibility index (Phi) is 3.66. The van der Waals surface area contributed by atoms with Gasteiger partial charge in [0.15, 0.2) is 11.8 Å². The van der Waals surface area contributed by atoms with Crippen molar-refractivity contribution in [1.29, 1.82) is 0 Å². The van der Waals surface area contributed by atoms with E-state index in [1.54, 1.807) is 6.07 Å². The van der Waals surface area contributed by atoms with E-state index in [0.29, 0.717) is 5.69 Å². The summed E-state index contributed by atoms with van der Waals surface area (Å²) in [5, 5.41) is 11.6. The first-order valence-electron chi connectivity index (χ1n) is 4.99. The third-order valence-corrected chi connectivity index (χ3v) is 2.56. The number of rotatable bonds is 4. The van der Waals surface area contributed by atoms with Gasteiger partial charge in [-0.1, -0.05) is 12.1 Å². The zero-order valence-electron chi connectivity index (χ0n) is 9.57. The Balaban J connectivity index is 2.98. The molecule has 0 bridgehead atoms. The molecule has 1 aromatic rings. The molecule has 1 unspecified atom stereocenters. The lowest BCUT2D eigenvalue weighted by Crippen LogP contribution is -2.36. The highest BCUT2D eigenvalue weighted by molar-refractivity contribution is 6.03. The topological polar surface area (TPSA) is 66.4 Å². The number of carboxylic acid groups (broad SMARTS) is 1. The molecule has 0 saturated carbocycles. The third-order valence-electron chi connectivity index (χ3n) is 2.56. The molecule has 16 heavy (non-hydrogen) atoms. The summed E-state index contributed by atoms with van der Waals surface area (Å²) in [6, 6.07) is 4.34. The Labute approximate surface area is 94.3 Å². The molecule has 0 radical (unpaired) electrons. The minimum Gasteiger partial charge on any atom is -0.479 e. The monoisotopic (exact) mass is 221 g/mol. The molecule has 0 fully saturated rings. The van der Waals surface area contributed by atoms with Crippen molar-refractivity contribution in [3.63, 3.8) is 0 Å². The average molecular weight is 221 g/mol. The van der Waals surface area contributed by atoms with Gasteiger partial charge in [-0.3, -0.25) is 4.79 Å². The maximum absolute atomic E-state index is 11.1. The van der Waals surface area contributed by atoms with Gasteiger partial charge in [0.25, 0.3) is 0 Å². The summed E-state index contributed by atoms with van der Waals surface area (Å²) >= 11 is 0. The van der Waals surface area contributed by atoms with E-state index in [4.69, 9.17) is 5.11 Å². The summed E-state index contributed by atoms with van der Waals surface area (Å²) in [7, 11) is 0. The molecule has 0 saturated heterocycles. The molecule has 1 atom stereocenters. The molecule has 0 aliphatic heterocycles. The Hall–Kier alpha value is -1.84. The zero-order chi connectivity index (χ0) is 12.3. The SMILES string of the molecule is CC(=O)C(Nc1cccc(C)c1C)C(=O)O. The molecule has 1 rings (SSSR count). The molecule has 0 amide bonds. The number of carbonyl (C=O) groups is 2. The molecule has 4 heteroatoms. The van der Waals surface area contributed by atoms with Gasteiger partial charge in [0, 0.05) is 5.69 Å². The normalized spacial score (nSPS) is 11.9. The second-order valence-corrected chi connectivity index (χ2v) is 3.77. The van der Waals surface area contributed by atoms with Crippen molar-refractivity contribution >= 4 is 17.4 Å². The van der Waals surface area contributed by atoms with Crippen LogP contribution in [0.2, 0.25) is 0 Å². The number of hydrogen-bond acceptors (Lipinski definition) is 3. The van der Waals surface area contributed by atoms with Gasteiger partial charge in [0.1, 0.15) is 0 Å². The molecular formula is C12H15NO3. The van der Waals surface area contributed by atoms with Crippen LogP contribution in [0.3, 0.4) is 0 Å². The minimum atomic E-state index is -1.18. The first kappa shape index (κ1) is 12.2. The molecule has 1 aromatic carbocycles. The lowest BCUT2D eigenvalue weighted by atomic mass is 10.1. The van der Waals surface area contributed by atoms with Crippen LogP contribution >= 0.6 is 0 Å². The van der Waals surface area contributed by atoms with Crippen LogP contribution in [-0.2, 0) is 9.59 Å². The number of benzene rings is 1. The van der Waals surface area contributed by atoms with Crippen molar-refractivity contribution in [2.75, 3.05) is 5.32 Å². The van der Waals surface area contributed by atoms with Gasteiger partial charge >= 0.3 is 5.97 Å². The third kappa shape index (κ3) is 2.59. The molecule has 0 aliphatic carbocycles. The molecular weight excluding hydrogens is 206 g/mol. The van der Waals surface area contributed by atoms with Crippen LogP contribution in [-0.4, -0.2) is 22.9 Å². The number of nitrogens with one attached hydrogen (secondary N) is 1. The van der Waals surface area contributed by atoms with Crippen molar-refractivity contribution in [1.82, 2.24) is 0 Å². The van der Waals surface area contributed by atoms with Crippen LogP contribution in [0.15, 0.2) is 18.2 Å². The predicted octanol–water partition coefficient (Wildman–Crippen LogP) is 1.76. The maximum Gasteiger partial charge on any atom is 0.333 e. The van der Waals surface area contributed by atoms with E-state index in [9.17, 15) is 9.59 Å². The van der Waals surface area contributed by atoms with Gasteiger partial charge in [-0.15, -0.1) is 0 Å². The highest BCUT2D eigenvalue weighted by Crippen LogP contribution is 2.18. The molecule has 2 N–H and O–H groups in total. The Morgan fingerprint density at radius 2 is 1.94 bits per heavy atom. The number of hydrogen-bond donors (Lipinski definition) is 2. The molecule has 0 aliphatic rings. The Morgan fingerprint density at radius 3 is 2.44 bits per heavy atom. The molecule has 4 nitrogen and oxygen atoms in total. The standard InChI is InChI=1S/C12H15NO3/c1-7-5-4-6-10(8(7)2)13-11(9(3)14)12(15)16/h4-6,11,13H,1-3H3,(H,15,16). The summed E-state index contributed by atoms with van der Waals surface area (Å²) in [4.78, 5) is 22.0. The minimum absolute atomic E-state index is 0.409. The number of aliphatic carboxylic acids is 1. The van der Waals surface area contributed by atoms with E-state index in [2.05, 4.69) is 5.32 Å². The number of Topliss-reactive ketones (excluding diaryl/α,β-unsaturated/α-hetero) is 1. The van der Waals surface area contributed by atoms with Gasteiger partial charge in [-0.25, -0.2) is 4.79 Å². The highest BCUT2D eigenvalue weighted by atomic mass is 16.4. The van der Waals surface area contributed by atoms with Gasteiger partial charge in [0.2, 0.25) is 0 Å². The summed E-state index contributed by atoms with van der Waals surface area (Å²) < 4.78 is 0. The number of carboxylic acids is 1. The van der Waals surface area contributed by atoms with Crippen LogP contribution in [0.5, 0.6) is 0 Å². The maximum atomic E-state index is 11.1. The van der Waals surface area contributed by atoms with Crippen LogP contribution in [0.1, 0.15) is 18.1 Å². The van der Waals surface area contributed by atoms with Gasteiger partial charge < -0.3 is 10.4 Å². The van der Waals surface area contributed by atoms with Crippen LogP contribution < -0.4 is 5.32 Å². The summed E-state index contributed by atoms with van der Waals surface area (Å²) in [6.07, 6.45) is 0. The van der Waals surface area contributed by atoms with E-state index >= 15 is 0 Å². The number of carbonyl (C=O) groups excluding carboxylic acids is 1. The van der Waals surface area contributed by atoms with Gasteiger partial charge in [0.05, 0.1) is 0 Å². The lowest BCUT2D eigenvalue weighted by Gasteiger charge is -2.15. The average Bonchev–Trinajstić information content (AvgIpc) is 2.19. The predicted molar refractivity (Wildman–Crippen MR) is 61.6 cm³/mol. The fourth-order valence-corrected chi connectivity index (χ4v) is 1.40. The van der Waals surface area contributed by atoms with E-state index in [1.165, 1.54) is 6.92 Å². The largest absolute Gasteiger partial charge is 0.479 e. The van der Waals surface area contributed by atoms with Gasteiger partial charge in [-0.05, 0) is 38.0 Å². The molecule has 0 spiro atoms. The highest BCUT2D eigenvalue weighted by Gasteiger charge is 2.22. The second-order valence-electron chi connectivity index (χ2n) is 3.77. The Bertz CT molecular complexity index is 412. The number of ketones is 1. The van der Waals surface area contributed by atoms with Crippen molar-refractivity contribution in [2.24, 2.45) is 0 Å². The van der Waals surface area contributed by atoms with Gasteiger partial charge in [-0.2, -0.15) is 0 Å². The first-order chi connectivity index (χ1) is 7.43. The first-order valence-corrected chi connectivity index (χ1v) is 4.99. The van der Waals surface area contributed by atoms with E-state index in [0.717, 1.165) is 11.1 Å². The molecule has 0 heterocycles. The zero-order valence-corrected chi connectivity index (χ0v) is 9.57. The number of aryl methyl sites for hydroxylation is 1. The van der Waals surface area contributed by atoms with Crippen molar-refractivity contribution in [3.05, 3.63) is 29.3 Å². The van der Waals surface area contributed by atoms with E-state index in [-0.39, 0.29) is 0 Å². The van der Waals surface area contributed by atoms with Crippen molar-refractivity contribution in [3.8, 4) is 0 Å².